The summed E-state index contributed by atoms with van der Waals surface area (Å²) in [4.78, 5) is 19.5. The smallest absolute Gasteiger partial charge is 0.242 e. The number of anilines is 2. The Labute approximate surface area is 185 Å². The second kappa shape index (κ2) is 9.30. The van der Waals surface area contributed by atoms with Crippen LogP contribution < -0.4 is 9.80 Å². The molecule has 0 bridgehead atoms. The van der Waals surface area contributed by atoms with Gasteiger partial charge in [-0.3, -0.25) is 4.79 Å². The van der Waals surface area contributed by atoms with Crippen LogP contribution in [0.5, 0.6) is 0 Å². The molecule has 31 heavy (non-hydrogen) atoms. The molecular weight excluding hydrogens is 410 g/mol. The molecule has 2 aliphatic heterocycles. The van der Waals surface area contributed by atoms with Crippen molar-refractivity contribution in [3.63, 3.8) is 0 Å². The number of carbonyl (C=O) groups is 1. The van der Waals surface area contributed by atoms with Gasteiger partial charge in [-0.25, -0.2) is 8.42 Å². The van der Waals surface area contributed by atoms with Crippen molar-refractivity contribution in [2.45, 2.75) is 32.4 Å². The summed E-state index contributed by atoms with van der Waals surface area (Å²) in [5.41, 5.74) is 3.48. The molecule has 1 atom stereocenters. The zero-order valence-electron chi connectivity index (χ0n) is 18.1. The lowest BCUT2D eigenvalue weighted by Gasteiger charge is -2.32. The van der Waals surface area contributed by atoms with Crippen LogP contribution in [0, 0.1) is 0 Å². The van der Waals surface area contributed by atoms with Crippen LogP contribution in [-0.2, 0) is 21.2 Å². The maximum atomic E-state index is 13.2. The van der Waals surface area contributed by atoms with E-state index in [2.05, 4.69) is 46.2 Å². The van der Waals surface area contributed by atoms with Gasteiger partial charge in [0.1, 0.15) is 0 Å². The van der Waals surface area contributed by atoms with E-state index in [9.17, 15) is 13.2 Å². The highest BCUT2D eigenvalue weighted by Crippen LogP contribution is 2.33. The van der Waals surface area contributed by atoms with Gasteiger partial charge < -0.3 is 14.7 Å². The van der Waals surface area contributed by atoms with E-state index >= 15 is 0 Å². The van der Waals surface area contributed by atoms with Crippen LogP contribution >= 0.6 is 0 Å². The molecule has 0 spiro atoms. The first-order chi connectivity index (χ1) is 15.0. The summed E-state index contributed by atoms with van der Waals surface area (Å²) in [5.74, 6) is 0.284. The lowest BCUT2D eigenvalue weighted by molar-refractivity contribution is -0.131. The summed E-state index contributed by atoms with van der Waals surface area (Å²) in [6, 6.07) is 18.5. The number of para-hydroxylation sites is 2. The number of amides is 1. The molecule has 2 aromatic carbocycles. The van der Waals surface area contributed by atoms with E-state index in [0.717, 1.165) is 37.4 Å². The van der Waals surface area contributed by atoms with Gasteiger partial charge in [0.2, 0.25) is 5.91 Å². The highest BCUT2D eigenvalue weighted by molar-refractivity contribution is 7.91. The number of nitrogens with zero attached hydrogens (tertiary/aromatic N) is 3. The molecule has 4 rings (SSSR count). The van der Waals surface area contributed by atoms with Crippen LogP contribution in [0.3, 0.4) is 0 Å². The number of hydrogen-bond acceptors (Lipinski definition) is 5. The summed E-state index contributed by atoms with van der Waals surface area (Å²) >= 11 is 0. The molecular formula is C24H31N3O3S. The quantitative estimate of drug-likeness (QED) is 0.690. The maximum Gasteiger partial charge on any atom is 0.242 e. The number of carbonyl (C=O) groups excluding carboxylic acids is 1. The van der Waals surface area contributed by atoms with E-state index in [1.54, 1.807) is 4.90 Å². The minimum atomic E-state index is -3.02. The molecule has 0 saturated carbocycles. The van der Waals surface area contributed by atoms with Crippen molar-refractivity contribution in [3.05, 3.63) is 60.2 Å². The van der Waals surface area contributed by atoms with E-state index in [0.29, 0.717) is 13.0 Å². The van der Waals surface area contributed by atoms with Gasteiger partial charge in [-0.1, -0.05) is 42.5 Å². The third-order valence-electron chi connectivity index (χ3n) is 6.27. The summed E-state index contributed by atoms with van der Waals surface area (Å²) in [6.45, 7) is 5.31. The maximum absolute atomic E-state index is 13.2. The molecule has 0 aliphatic carbocycles. The average molecular weight is 442 g/mol. The first kappa shape index (κ1) is 21.7. The van der Waals surface area contributed by atoms with Gasteiger partial charge in [0.15, 0.2) is 9.84 Å². The van der Waals surface area contributed by atoms with E-state index in [1.807, 2.05) is 25.1 Å². The summed E-state index contributed by atoms with van der Waals surface area (Å²) in [5, 5.41) is 0. The number of fused-ring (bicyclic) bond motifs is 1. The monoisotopic (exact) mass is 441 g/mol. The SMILES string of the molecule is CCN(C(=O)CN1CCCN(Cc2ccccc2)c2ccccc21)[C@H]1CCS(=O)(=O)C1. The average Bonchev–Trinajstić information content (AvgIpc) is 3.03. The fraction of sp³-hybridized carbons (Fsp3) is 0.458. The molecule has 1 amide bonds. The standard InChI is InChI=1S/C24H31N3O3S/c1-2-27(21-13-16-31(29,30)19-21)24(28)18-26-15-8-14-25(17-20-9-4-3-5-10-20)22-11-6-7-12-23(22)26/h3-7,9-12,21H,2,8,13-19H2,1H3/t21-/m0/s1. The zero-order valence-corrected chi connectivity index (χ0v) is 18.9. The predicted molar refractivity (Wildman–Crippen MR) is 125 cm³/mol. The highest BCUT2D eigenvalue weighted by Gasteiger charge is 2.34. The van der Waals surface area contributed by atoms with Gasteiger partial charge in [-0.15, -0.1) is 0 Å². The largest absolute Gasteiger partial charge is 0.365 e. The van der Waals surface area contributed by atoms with E-state index in [-0.39, 0.29) is 30.0 Å². The van der Waals surface area contributed by atoms with E-state index < -0.39 is 9.84 Å². The van der Waals surface area contributed by atoms with Crippen molar-refractivity contribution in [2.75, 3.05) is 47.5 Å². The second-order valence-electron chi connectivity index (χ2n) is 8.41. The highest BCUT2D eigenvalue weighted by atomic mass is 32.2. The number of rotatable bonds is 6. The van der Waals surface area contributed by atoms with Gasteiger partial charge in [0.25, 0.3) is 0 Å². The van der Waals surface area contributed by atoms with Gasteiger partial charge in [-0.05, 0) is 37.5 Å². The van der Waals surface area contributed by atoms with Gasteiger partial charge in [-0.2, -0.15) is 0 Å². The third kappa shape index (κ3) is 5.03. The Hall–Kier alpha value is -2.54. The number of hydrogen-bond donors (Lipinski definition) is 0. The fourth-order valence-electron chi connectivity index (χ4n) is 4.74. The van der Waals surface area contributed by atoms with E-state index in [1.165, 1.54) is 5.56 Å². The molecule has 7 heteroatoms. The molecule has 0 N–H and O–H groups in total. The summed E-state index contributed by atoms with van der Waals surface area (Å²) in [7, 11) is -3.02. The number of likely N-dealkylation sites (N-methyl/N-ethyl adjacent to an activating group) is 1. The minimum Gasteiger partial charge on any atom is -0.365 e. The van der Waals surface area contributed by atoms with Gasteiger partial charge in [0.05, 0.1) is 29.4 Å². The van der Waals surface area contributed by atoms with Crippen LogP contribution in [-0.4, -0.2) is 63.0 Å². The van der Waals surface area contributed by atoms with Crippen LogP contribution in [0.15, 0.2) is 54.6 Å². The molecule has 1 saturated heterocycles. The summed E-state index contributed by atoms with van der Waals surface area (Å²) < 4.78 is 23.8. The molecule has 2 aliphatic rings. The Morgan fingerprint density at radius 2 is 1.65 bits per heavy atom. The van der Waals surface area contributed by atoms with Crippen LogP contribution in [0.1, 0.15) is 25.3 Å². The Balaban J connectivity index is 1.52. The normalized spacial score (nSPS) is 20.2. The van der Waals surface area contributed by atoms with Crippen LogP contribution in [0.25, 0.3) is 0 Å². The minimum absolute atomic E-state index is 0.0101. The van der Waals surface area contributed by atoms with Crippen molar-refractivity contribution in [1.82, 2.24) is 4.90 Å². The molecule has 6 nitrogen and oxygen atoms in total. The second-order valence-corrected chi connectivity index (χ2v) is 10.6. The van der Waals surface area contributed by atoms with Crippen molar-refractivity contribution in [2.24, 2.45) is 0 Å². The first-order valence-electron chi connectivity index (χ1n) is 11.1. The van der Waals surface area contributed by atoms with Gasteiger partial charge >= 0.3 is 0 Å². The fourth-order valence-corrected chi connectivity index (χ4v) is 6.47. The summed E-state index contributed by atoms with van der Waals surface area (Å²) in [6.07, 6.45) is 1.50. The molecule has 0 aromatic heterocycles. The Morgan fingerprint density at radius 3 is 2.29 bits per heavy atom. The van der Waals surface area contributed by atoms with E-state index in [4.69, 9.17) is 0 Å². The molecule has 0 unspecified atom stereocenters. The van der Waals surface area contributed by atoms with Crippen LogP contribution in [0.2, 0.25) is 0 Å². The number of benzene rings is 2. The van der Waals surface area contributed by atoms with Crippen molar-refractivity contribution in [3.8, 4) is 0 Å². The Kier molecular flexibility index (Phi) is 6.51. The third-order valence-corrected chi connectivity index (χ3v) is 8.02. The molecule has 0 radical (unpaired) electrons. The molecule has 2 heterocycles. The zero-order chi connectivity index (χ0) is 21.8. The number of sulfone groups is 1. The van der Waals surface area contributed by atoms with Crippen molar-refractivity contribution >= 4 is 27.1 Å². The Bertz CT molecular complexity index is 1010. The predicted octanol–water partition coefficient (Wildman–Crippen LogP) is 2.94. The lowest BCUT2D eigenvalue weighted by atomic mass is 10.1. The lowest BCUT2D eigenvalue weighted by Crippen LogP contribution is -2.46. The molecule has 1 fully saturated rings. The topological polar surface area (TPSA) is 60.9 Å². The van der Waals surface area contributed by atoms with Crippen LogP contribution in [0.4, 0.5) is 11.4 Å². The van der Waals surface area contributed by atoms with Gasteiger partial charge in [0, 0.05) is 32.2 Å². The molecule has 2 aromatic rings. The Morgan fingerprint density at radius 1 is 1.00 bits per heavy atom. The first-order valence-corrected chi connectivity index (χ1v) is 12.9. The molecule has 166 valence electrons. The van der Waals surface area contributed by atoms with Crippen molar-refractivity contribution in [1.29, 1.82) is 0 Å². The van der Waals surface area contributed by atoms with Crippen molar-refractivity contribution < 1.29 is 13.2 Å².